The highest BCUT2D eigenvalue weighted by Crippen LogP contribution is 2.30. The maximum absolute atomic E-state index is 4.55. The summed E-state index contributed by atoms with van der Waals surface area (Å²) in [4.78, 5) is 0. The van der Waals surface area contributed by atoms with Crippen molar-refractivity contribution in [3.8, 4) is 0 Å². The average Bonchev–Trinajstić information content (AvgIpc) is 2.71. The van der Waals surface area contributed by atoms with Crippen LogP contribution in [0.3, 0.4) is 0 Å². The van der Waals surface area contributed by atoms with Gasteiger partial charge in [-0.2, -0.15) is 5.10 Å². The van der Waals surface area contributed by atoms with E-state index >= 15 is 0 Å². The van der Waals surface area contributed by atoms with E-state index in [1.807, 2.05) is 7.05 Å². The maximum atomic E-state index is 4.55. The van der Waals surface area contributed by atoms with Crippen LogP contribution in [0.1, 0.15) is 36.7 Å². The smallest absolute Gasteiger partial charge is 0.0596 e. The SMILES string of the molecule is CNC1CCC(n2nc(C)cc2C)C1. The molecular weight excluding hydrogens is 174 g/mol. The van der Waals surface area contributed by atoms with Gasteiger partial charge in [-0.3, -0.25) is 4.68 Å². The Kier molecular flexibility index (Phi) is 2.59. The van der Waals surface area contributed by atoms with Crippen molar-refractivity contribution in [2.24, 2.45) is 0 Å². The molecule has 1 N–H and O–H groups in total. The van der Waals surface area contributed by atoms with E-state index in [1.54, 1.807) is 0 Å². The Morgan fingerprint density at radius 2 is 2.21 bits per heavy atom. The van der Waals surface area contributed by atoms with E-state index in [0.29, 0.717) is 12.1 Å². The minimum Gasteiger partial charge on any atom is -0.317 e. The molecule has 3 nitrogen and oxygen atoms in total. The molecule has 0 bridgehead atoms. The normalized spacial score (nSPS) is 27.1. The Bertz CT molecular complexity index is 316. The molecule has 0 aliphatic heterocycles. The third-order valence-corrected chi connectivity index (χ3v) is 3.20. The fourth-order valence-electron chi connectivity index (χ4n) is 2.46. The van der Waals surface area contributed by atoms with E-state index in [-0.39, 0.29) is 0 Å². The van der Waals surface area contributed by atoms with Crippen molar-refractivity contribution in [1.82, 2.24) is 15.1 Å². The summed E-state index contributed by atoms with van der Waals surface area (Å²) in [6.07, 6.45) is 3.76. The zero-order valence-electron chi connectivity index (χ0n) is 9.25. The lowest BCUT2D eigenvalue weighted by Crippen LogP contribution is -2.22. The van der Waals surface area contributed by atoms with Crippen molar-refractivity contribution in [3.63, 3.8) is 0 Å². The lowest BCUT2D eigenvalue weighted by atomic mass is 10.2. The highest BCUT2D eigenvalue weighted by molar-refractivity contribution is 5.08. The van der Waals surface area contributed by atoms with Gasteiger partial charge in [0, 0.05) is 11.7 Å². The van der Waals surface area contributed by atoms with Crippen molar-refractivity contribution in [2.45, 2.75) is 45.2 Å². The largest absolute Gasteiger partial charge is 0.317 e. The maximum Gasteiger partial charge on any atom is 0.0596 e. The summed E-state index contributed by atoms with van der Waals surface area (Å²) in [6.45, 7) is 4.21. The minimum absolute atomic E-state index is 0.612. The Hall–Kier alpha value is -0.830. The number of aromatic nitrogens is 2. The van der Waals surface area contributed by atoms with Crippen LogP contribution in [-0.4, -0.2) is 22.9 Å². The molecule has 1 aromatic rings. The molecule has 1 aliphatic rings. The molecule has 2 atom stereocenters. The molecule has 2 unspecified atom stereocenters. The summed E-state index contributed by atoms with van der Waals surface area (Å²) < 4.78 is 2.20. The van der Waals surface area contributed by atoms with E-state index in [2.05, 4.69) is 35.0 Å². The van der Waals surface area contributed by atoms with Gasteiger partial charge in [-0.1, -0.05) is 0 Å². The molecule has 1 fully saturated rings. The molecule has 3 heteroatoms. The second kappa shape index (κ2) is 3.73. The summed E-state index contributed by atoms with van der Waals surface area (Å²) >= 11 is 0. The molecule has 1 heterocycles. The Morgan fingerprint density at radius 3 is 2.71 bits per heavy atom. The van der Waals surface area contributed by atoms with Crippen LogP contribution in [0.5, 0.6) is 0 Å². The lowest BCUT2D eigenvalue weighted by Gasteiger charge is -2.13. The van der Waals surface area contributed by atoms with E-state index in [1.165, 1.54) is 25.0 Å². The van der Waals surface area contributed by atoms with E-state index < -0.39 is 0 Å². The summed E-state index contributed by atoms with van der Waals surface area (Å²) in [5.74, 6) is 0. The Morgan fingerprint density at radius 1 is 1.43 bits per heavy atom. The van der Waals surface area contributed by atoms with Crippen LogP contribution in [-0.2, 0) is 0 Å². The highest BCUT2D eigenvalue weighted by atomic mass is 15.3. The van der Waals surface area contributed by atoms with Crippen molar-refractivity contribution in [3.05, 3.63) is 17.5 Å². The van der Waals surface area contributed by atoms with Gasteiger partial charge in [0.1, 0.15) is 0 Å². The van der Waals surface area contributed by atoms with Gasteiger partial charge < -0.3 is 5.32 Å². The van der Waals surface area contributed by atoms with E-state index in [0.717, 1.165) is 5.69 Å². The van der Waals surface area contributed by atoms with Gasteiger partial charge in [0.2, 0.25) is 0 Å². The molecule has 1 aromatic heterocycles. The van der Waals surface area contributed by atoms with Crippen LogP contribution in [0.25, 0.3) is 0 Å². The molecule has 0 spiro atoms. The summed E-state index contributed by atoms with van der Waals surface area (Å²) in [7, 11) is 2.05. The first-order chi connectivity index (χ1) is 6.70. The molecule has 14 heavy (non-hydrogen) atoms. The molecule has 0 amide bonds. The van der Waals surface area contributed by atoms with Gasteiger partial charge in [0.25, 0.3) is 0 Å². The third kappa shape index (κ3) is 1.69. The Labute approximate surface area is 85.5 Å². The van der Waals surface area contributed by atoms with Gasteiger partial charge >= 0.3 is 0 Å². The summed E-state index contributed by atoms with van der Waals surface area (Å²) in [6, 6.07) is 3.46. The molecule has 0 saturated heterocycles. The molecule has 0 radical (unpaired) electrons. The van der Waals surface area contributed by atoms with Crippen LogP contribution in [0, 0.1) is 13.8 Å². The first-order valence-electron chi connectivity index (χ1n) is 5.40. The topological polar surface area (TPSA) is 29.9 Å². The van der Waals surface area contributed by atoms with Crippen molar-refractivity contribution < 1.29 is 0 Å². The number of rotatable bonds is 2. The highest BCUT2D eigenvalue weighted by Gasteiger charge is 2.25. The van der Waals surface area contributed by atoms with Crippen LogP contribution in [0.2, 0.25) is 0 Å². The number of nitrogens with one attached hydrogen (secondary N) is 1. The van der Waals surface area contributed by atoms with Gasteiger partial charge in [0.05, 0.1) is 11.7 Å². The molecule has 1 saturated carbocycles. The summed E-state index contributed by atoms with van der Waals surface area (Å²) in [5.41, 5.74) is 2.43. The first kappa shape index (κ1) is 9.71. The van der Waals surface area contributed by atoms with Crippen molar-refractivity contribution in [2.75, 3.05) is 7.05 Å². The van der Waals surface area contributed by atoms with Gasteiger partial charge in [-0.05, 0) is 46.2 Å². The third-order valence-electron chi connectivity index (χ3n) is 3.20. The Balaban J connectivity index is 2.13. The van der Waals surface area contributed by atoms with Gasteiger partial charge in [-0.25, -0.2) is 0 Å². The second-order valence-corrected chi connectivity index (χ2v) is 4.32. The molecule has 2 rings (SSSR count). The standard InChI is InChI=1S/C11H19N3/c1-8-6-9(2)14(13-8)11-5-4-10(7-11)12-3/h6,10-12H,4-5,7H2,1-3H3. The number of aryl methyl sites for hydroxylation is 2. The van der Waals surface area contributed by atoms with Crippen LogP contribution in [0.15, 0.2) is 6.07 Å². The monoisotopic (exact) mass is 193 g/mol. The van der Waals surface area contributed by atoms with Gasteiger partial charge in [-0.15, -0.1) is 0 Å². The van der Waals surface area contributed by atoms with E-state index in [9.17, 15) is 0 Å². The minimum atomic E-state index is 0.612. The lowest BCUT2D eigenvalue weighted by molar-refractivity contribution is 0.440. The molecule has 78 valence electrons. The van der Waals surface area contributed by atoms with Crippen LogP contribution in [0.4, 0.5) is 0 Å². The number of nitrogens with zero attached hydrogens (tertiary/aromatic N) is 2. The number of hydrogen-bond donors (Lipinski definition) is 1. The van der Waals surface area contributed by atoms with Crippen LogP contribution < -0.4 is 5.32 Å². The predicted octanol–water partition coefficient (Wildman–Crippen LogP) is 1.81. The molecule has 0 aromatic carbocycles. The molecular formula is C11H19N3. The van der Waals surface area contributed by atoms with Crippen molar-refractivity contribution >= 4 is 0 Å². The average molecular weight is 193 g/mol. The van der Waals surface area contributed by atoms with E-state index in [4.69, 9.17) is 0 Å². The predicted molar refractivity (Wildman–Crippen MR) is 57.4 cm³/mol. The van der Waals surface area contributed by atoms with Crippen LogP contribution >= 0.6 is 0 Å². The zero-order valence-corrected chi connectivity index (χ0v) is 9.25. The fourth-order valence-corrected chi connectivity index (χ4v) is 2.46. The zero-order chi connectivity index (χ0) is 10.1. The fraction of sp³-hybridized carbons (Fsp3) is 0.727. The quantitative estimate of drug-likeness (QED) is 0.776. The molecule has 1 aliphatic carbocycles. The second-order valence-electron chi connectivity index (χ2n) is 4.32. The first-order valence-corrected chi connectivity index (χ1v) is 5.40. The summed E-state index contributed by atoms with van der Waals surface area (Å²) in [5, 5.41) is 7.90. The van der Waals surface area contributed by atoms with Gasteiger partial charge in [0.15, 0.2) is 0 Å². The number of hydrogen-bond acceptors (Lipinski definition) is 2. The van der Waals surface area contributed by atoms with Crippen molar-refractivity contribution in [1.29, 1.82) is 0 Å².